The summed E-state index contributed by atoms with van der Waals surface area (Å²) >= 11 is 6.28. The second-order valence-electron chi connectivity index (χ2n) is 5.96. The molecule has 7 nitrogen and oxygen atoms in total. The van der Waals surface area contributed by atoms with E-state index in [-0.39, 0.29) is 15.1 Å². The number of hydrogen-bond acceptors (Lipinski definition) is 6. The highest BCUT2D eigenvalue weighted by Crippen LogP contribution is 2.43. The molecule has 2 aliphatic heterocycles. The SMILES string of the molecule is CCN1C(=O)/C(=C2/SC(=S)N(NC(=O)c3ccncc3)C2=O)c2ccccc21. The van der Waals surface area contributed by atoms with Crippen molar-refractivity contribution in [1.82, 2.24) is 15.4 Å². The molecule has 3 amide bonds. The summed E-state index contributed by atoms with van der Waals surface area (Å²) in [7, 11) is 0. The Labute approximate surface area is 170 Å². The molecule has 9 heteroatoms. The summed E-state index contributed by atoms with van der Waals surface area (Å²) in [4.78, 5) is 44.0. The van der Waals surface area contributed by atoms with Gasteiger partial charge in [-0.25, -0.2) is 0 Å². The molecular formula is C19H14N4O3S2. The summed E-state index contributed by atoms with van der Waals surface area (Å²) in [6.07, 6.45) is 2.96. The number of carbonyl (C=O) groups excluding carboxylic acids is 3. The highest BCUT2D eigenvalue weighted by atomic mass is 32.2. The van der Waals surface area contributed by atoms with Crippen LogP contribution in [0.25, 0.3) is 5.57 Å². The van der Waals surface area contributed by atoms with E-state index in [1.807, 2.05) is 25.1 Å². The number of hydrazine groups is 1. The van der Waals surface area contributed by atoms with Crippen molar-refractivity contribution < 1.29 is 14.4 Å². The molecule has 1 saturated heterocycles. The first-order valence-corrected chi connectivity index (χ1v) is 9.68. The van der Waals surface area contributed by atoms with Gasteiger partial charge in [-0.3, -0.25) is 24.8 Å². The monoisotopic (exact) mass is 410 g/mol. The predicted molar refractivity (Wildman–Crippen MR) is 110 cm³/mol. The average Bonchev–Trinajstić information content (AvgIpc) is 3.15. The van der Waals surface area contributed by atoms with E-state index in [4.69, 9.17) is 12.2 Å². The minimum atomic E-state index is -0.520. The fourth-order valence-corrected chi connectivity index (χ4v) is 4.35. The van der Waals surface area contributed by atoms with Gasteiger partial charge in [0, 0.05) is 30.1 Å². The molecule has 0 unspecified atom stereocenters. The quantitative estimate of drug-likeness (QED) is 0.618. The third kappa shape index (κ3) is 2.88. The van der Waals surface area contributed by atoms with Crippen LogP contribution in [0, 0.1) is 0 Å². The topological polar surface area (TPSA) is 82.6 Å². The van der Waals surface area contributed by atoms with Gasteiger partial charge in [0.25, 0.3) is 17.7 Å². The number of pyridine rings is 1. The van der Waals surface area contributed by atoms with E-state index in [0.717, 1.165) is 22.5 Å². The van der Waals surface area contributed by atoms with Crippen LogP contribution in [-0.4, -0.2) is 38.6 Å². The van der Waals surface area contributed by atoms with Crippen molar-refractivity contribution in [2.75, 3.05) is 11.4 Å². The third-order valence-electron chi connectivity index (χ3n) is 4.39. The van der Waals surface area contributed by atoms with Gasteiger partial charge in [-0.05, 0) is 37.3 Å². The number of hydrogen-bond donors (Lipinski definition) is 1. The normalized spacial score (nSPS) is 18.7. The number of nitrogens with zero attached hydrogens (tertiary/aromatic N) is 3. The second kappa shape index (κ2) is 7.17. The van der Waals surface area contributed by atoms with Gasteiger partial charge >= 0.3 is 0 Å². The fraction of sp³-hybridized carbons (Fsp3) is 0.105. The summed E-state index contributed by atoms with van der Waals surface area (Å²) in [5, 5.41) is 1.01. The molecule has 2 aromatic rings. The first-order chi connectivity index (χ1) is 13.5. The van der Waals surface area contributed by atoms with Crippen LogP contribution in [0.15, 0.2) is 53.7 Å². The van der Waals surface area contributed by atoms with Crippen LogP contribution in [0.4, 0.5) is 5.69 Å². The van der Waals surface area contributed by atoms with Crippen LogP contribution in [0.1, 0.15) is 22.8 Å². The van der Waals surface area contributed by atoms with Crippen molar-refractivity contribution in [1.29, 1.82) is 0 Å². The first kappa shape index (κ1) is 18.3. The van der Waals surface area contributed by atoms with Crippen LogP contribution in [0.2, 0.25) is 0 Å². The van der Waals surface area contributed by atoms with Gasteiger partial charge in [0.15, 0.2) is 4.32 Å². The molecule has 0 saturated carbocycles. The number of thioether (sulfide) groups is 1. The molecule has 0 bridgehead atoms. The van der Waals surface area contributed by atoms with Crippen molar-refractivity contribution in [3.8, 4) is 0 Å². The molecule has 1 aromatic heterocycles. The lowest BCUT2D eigenvalue weighted by molar-refractivity contribution is -0.124. The number of rotatable bonds is 3. The van der Waals surface area contributed by atoms with E-state index in [1.54, 1.807) is 11.0 Å². The Morgan fingerprint density at radius 2 is 1.86 bits per heavy atom. The number of para-hydroxylation sites is 1. The number of carbonyl (C=O) groups is 3. The minimum absolute atomic E-state index is 0.162. The van der Waals surface area contributed by atoms with Crippen LogP contribution in [0.3, 0.4) is 0 Å². The fourth-order valence-electron chi connectivity index (χ4n) is 3.10. The van der Waals surface area contributed by atoms with Gasteiger partial charge in [-0.2, -0.15) is 5.01 Å². The molecule has 1 aromatic carbocycles. The summed E-state index contributed by atoms with van der Waals surface area (Å²) in [5.74, 6) is -1.25. The highest BCUT2D eigenvalue weighted by Gasteiger charge is 2.42. The van der Waals surface area contributed by atoms with Gasteiger partial charge in [0.1, 0.15) is 0 Å². The van der Waals surface area contributed by atoms with Crippen molar-refractivity contribution in [2.24, 2.45) is 0 Å². The molecule has 140 valence electrons. The molecule has 0 radical (unpaired) electrons. The third-order valence-corrected chi connectivity index (χ3v) is 5.76. The lowest BCUT2D eigenvalue weighted by Gasteiger charge is -2.15. The van der Waals surface area contributed by atoms with Crippen LogP contribution >= 0.6 is 24.0 Å². The smallest absolute Gasteiger partial charge is 0.286 e. The summed E-state index contributed by atoms with van der Waals surface area (Å²) in [5.41, 5.74) is 4.62. The lowest BCUT2D eigenvalue weighted by atomic mass is 10.1. The van der Waals surface area contributed by atoms with E-state index >= 15 is 0 Å². The molecule has 1 N–H and O–H groups in total. The van der Waals surface area contributed by atoms with E-state index in [2.05, 4.69) is 10.4 Å². The number of aromatic nitrogens is 1. The average molecular weight is 410 g/mol. The zero-order chi connectivity index (χ0) is 19.8. The number of amides is 3. The van der Waals surface area contributed by atoms with Crippen LogP contribution in [-0.2, 0) is 9.59 Å². The first-order valence-electron chi connectivity index (χ1n) is 8.45. The standard InChI is InChI=1S/C19H14N4O3S2/c1-2-22-13-6-4-3-5-12(13)14(17(22)25)15-18(26)23(19(27)28-15)21-16(24)11-7-9-20-10-8-11/h3-10H,2H2,1H3,(H,21,24)/b15-14+. The van der Waals surface area contributed by atoms with Gasteiger partial charge in [-0.1, -0.05) is 30.0 Å². The summed E-state index contributed by atoms with van der Waals surface area (Å²) < 4.78 is 0.162. The molecule has 4 rings (SSSR count). The number of nitrogens with one attached hydrogen (secondary N) is 1. The number of thiocarbonyl (C=S) groups is 1. The van der Waals surface area contributed by atoms with Crippen molar-refractivity contribution >= 4 is 57.3 Å². The van der Waals surface area contributed by atoms with Gasteiger partial charge in [-0.15, -0.1) is 0 Å². The molecule has 1 fully saturated rings. The molecule has 3 heterocycles. The molecule has 0 atom stereocenters. The molecule has 28 heavy (non-hydrogen) atoms. The molecular weight excluding hydrogens is 396 g/mol. The summed E-state index contributed by atoms with van der Waals surface area (Å²) in [6.45, 7) is 2.36. The highest BCUT2D eigenvalue weighted by molar-refractivity contribution is 8.26. The maximum Gasteiger partial charge on any atom is 0.286 e. The Balaban J connectivity index is 1.69. The molecule has 0 spiro atoms. The van der Waals surface area contributed by atoms with Crippen molar-refractivity contribution in [3.63, 3.8) is 0 Å². The number of anilines is 1. The minimum Gasteiger partial charge on any atom is -0.308 e. The Hall–Kier alpha value is -3.04. The van der Waals surface area contributed by atoms with Gasteiger partial charge in [0.2, 0.25) is 0 Å². The Morgan fingerprint density at radius 3 is 2.57 bits per heavy atom. The lowest BCUT2D eigenvalue weighted by Crippen LogP contribution is -2.45. The van der Waals surface area contributed by atoms with E-state index in [1.165, 1.54) is 24.5 Å². The van der Waals surface area contributed by atoms with Crippen LogP contribution in [0.5, 0.6) is 0 Å². The largest absolute Gasteiger partial charge is 0.308 e. The predicted octanol–water partition coefficient (Wildman–Crippen LogP) is 2.36. The number of benzene rings is 1. The van der Waals surface area contributed by atoms with Crippen molar-refractivity contribution in [2.45, 2.75) is 6.92 Å². The zero-order valence-corrected chi connectivity index (χ0v) is 16.3. The Morgan fingerprint density at radius 1 is 1.14 bits per heavy atom. The number of fused-ring (bicyclic) bond motifs is 1. The van der Waals surface area contributed by atoms with E-state index in [9.17, 15) is 14.4 Å². The second-order valence-corrected chi connectivity index (χ2v) is 7.60. The van der Waals surface area contributed by atoms with E-state index < -0.39 is 11.8 Å². The van der Waals surface area contributed by atoms with Gasteiger partial charge < -0.3 is 4.90 Å². The maximum atomic E-state index is 13.0. The Kier molecular flexibility index (Phi) is 4.70. The molecule has 0 aliphatic carbocycles. The Bertz CT molecular complexity index is 1050. The number of likely N-dealkylation sites (N-methyl/N-ethyl adjacent to an activating group) is 1. The zero-order valence-electron chi connectivity index (χ0n) is 14.7. The maximum absolute atomic E-state index is 13.0. The van der Waals surface area contributed by atoms with Crippen molar-refractivity contribution in [3.05, 3.63) is 64.8 Å². The van der Waals surface area contributed by atoms with Gasteiger partial charge in [0.05, 0.1) is 16.2 Å². The van der Waals surface area contributed by atoms with E-state index in [0.29, 0.717) is 23.2 Å². The van der Waals surface area contributed by atoms with Crippen LogP contribution < -0.4 is 10.3 Å². The summed E-state index contributed by atoms with van der Waals surface area (Å²) in [6, 6.07) is 10.4. The molecule has 2 aliphatic rings.